The van der Waals surface area contributed by atoms with Crippen LogP contribution in [0.1, 0.15) is 29.8 Å². The summed E-state index contributed by atoms with van der Waals surface area (Å²) in [6.45, 7) is 5.95. The summed E-state index contributed by atoms with van der Waals surface area (Å²) in [5.74, 6) is -0.436. The lowest BCUT2D eigenvalue weighted by Gasteiger charge is -2.07. The number of rotatable bonds is 4. The molecule has 0 radical (unpaired) electrons. The molecule has 15 heavy (non-hydrogen) atoms. The van der Waals surface area contributed by atoms with Gasteiger partial charge in [0.15, 0.2) is 5.78 Å². The Bertz CT molecular complexity index is 340. The monoisotopic (exact) mass is 209 g/mol. The van der Waals surface area contributed by atoms with Crippen LogP contribution in [0.3, 0.4) is 0 Å². The SMILES string of the molecule is Cc1cc(F)cc(C(=O)CNC(C)C)c1. The van der Waals surface area contributed by atoms with Gasteiger partial charge in [-0.2, -0.15) is 0 Å². The number of halogens is 1. The lowest BCUT2D eigenvalue weighted by atomic mass is 10.1. The molecule has 0 bridgehead atoms. The first-order valence-corrected chi connectivity index (χ1v) is 5.03. The number of nitrogens with one attached hydrogen (secondary N) is 1. The minimum atomic E-state index is -0.358. The van der Waals surface area contributed by atoms with Crippen LogP contribution in [0.4, 0.5) is 4.39 Å². The van der Waals surface area contributed by atoms with Gasteiger partial charge in [0.2, 0.25) is 0 Å². The van der Waals surface area contributed by atoms with Crippen LogP contribution in [0, 0.1) is 12.7 Å². The van der Waals surface area contributed by atoms with Crippen molar-refractivity contribution in [1.82, 2.24) is 5.32 Å². The fraction of sp³-hybridized carbons (Fsp3) is 0.417. The number of carbonyl (C=O) groups excluding carboxylic acids is 1. The Balaban J connectivity index is 2.73. The molecule has 0 amide bonds. The van der Waals surface area contributed by atoms with Crippen molar-refractivity contribution in [2.45, 2.75) is 26.8 Å². The zero-order chi connectivity index (χ0) is 11.4. The summed E-state index contributed by atoms with van der Waals surface area (Å²) in [5, 5.41) is 3.01. The van der Waals surface area contributed by atoms with Gasteiger partial charge in [-0.1, -0.05) is 13.8 Å². The number of ketones is 1. The molecular formula is C12H16FNO. The number of hydrogen-bond acceptors (Lipinski definition) is 2. The van der Waals surface area contributed by atoms with Crippen molar-refractivity contribution < 1.29 is 9.18 Å². The molecule has 0 heterocycles. The van der Waals surface area contributed by atoms with Crippen molar-refractivity contribution in [1.29, 1.82) is 0 Å². The smallest absolute Gasteiger partial charge is 0.176 e. The molecule has 0 aliphatic heterocycles. The van der Waals surface area contributed by atoms with Crippen molar-refractivity contribution in [2.24, 2.45) is 0 Å². The quantitative estimate of drug-likeness (QED) is 0.771. The molecule has 82 valence electrons. The molecule has 0 aromatic heterocycles. The molecular weight excluding hydrogens is 193 g/mol. The largest absolute Gasteiger partial charge is 0.307 e. The molecule has 0 fully saturated rings. The van der Waals surface area contributed by atoms with E-state index in [-0.39, 0.29) is 24.2 Å². The van der Waals surface area contributed by atoms with Crippen LogP contribution >= 0.6 is 0 Å². The third-order valence-electron chi connectivity index (χ3n) is 2.03. The lowest BCUT2D eigenvalue weighted by Crippen LogP contribution is -2.29. The maximum absolute atomic E-state index is 13.0. The van der Waals surface area contributed by atoms with Gasteiger partial charge in [0.05, 0.1) is 6.54 Å². The molecule has 0 unspecified atom stereocenters. The Hall–Kier alpha value is -1.22. The number of hydrogen-bond donors (Lipinski definition) is 1. The number of aryl methyl sites for hydroxylation is 1. The van der Waals surface area contributed by atoms with Gasteiger partial charge < -0.3 is 5.32 Å². The van der Waals surface area contributed by atoms with Gasteiger partial charge >= 0.3 is 0 Å². The van der Waals surface area contributed by atoms with Crippen LogP contribution in [-0.4, -0.2) is 18.4 Å². The van der Waals surface area contributed by atoms with E-state index >= 15 is 0 Å². The second-order valence-electron chi connectivity index (χ2n) is 3.98. The Morgan fingerprint density at radius 3 is 2.60 bits per heavy atom. The normalized spacial score (nSPS) is 10.7. The topological polar surface area (TPSA) is 29.1 Å². The van der Waals surface area contributed by atoms with E-state index in [1.807, 2.05) is 13.8 Å². The zero-order valence-corrected chi connectivity index (χ0v) is 9.30. The van der Waals surface area contributed by atoms with E-state index in [4.69, 9.17) is 0 Å². The molecule has 0 spiro atoms. The molecule has 2 nitrogen and oxygen atoms in total. The summed E-state index contributed by atoms with van der Waals surface area (Å²) in [5.41, 5.74) is 1.20. The van der Waals surface area contributed by atoms with E-state index in [1.54, 1.807) is 13.0 Å². The van der Waals surface area contributed by atoms with Crippen LogP contribution in [0.25, 0.3) is 0 Å². The first-order valence-electron chi connectivity index (χ1n) is 5.03. The highest BCUT2D eigenvalue weighted by Gasteiger charge is 2.08. The third-order valence-corrected chi connectivity index (χ3v) is 2.03. The molecule has 0 aliphatic rings. The summed E-state index contributed by atoms with van der Waals surface area (Å²) in [6.07, 6.45) is 0. The van der Waals surface area contributed by atoms with E-state index in [2.05, 4.69) is 5.32 Å². The second kappa shape index (κ2) is 5.03. The minimum absolute atomic E-state index is 0.0775. The van der Waals surface area contributed by atoms with Gasteiger partial charge in [0, 0.05) is 11.6 Å². The lowest BCUT2D eigenvalue weighted by molar-refractivity contribution is 0.0988. The van der Waals surface area contributed by atoms with Gasteiger partial charge in [0.1, 0.15) is 5.82 Å². The fourth-order valence-corrected chi connectivity index (χ4v) is 1.30. The number of carbonyl (C=O) groups is 1. The molecule has 1 aromatic carbocycles. The van der Waals surface area contributed by atoms with Gasteiger partial charge in [0.25, 0.3) is 0 Å². The van der Waals surface area contributed by atoms with Crippen LogP contribution < -0.4 is 5.32 Å². The van der Waals surface area contributed by atoms with Gasteiger partial charge in [-0.3, -0.25) is 4.79 Å². The second-order valence-corrected chi connectivity index (χ2v) is 3.98. The molecule has 0 saturated carbocycles. The maximum Gasteiger partial charge on any atom is 0.176 e. The van der Waals surface area contributed by atoms with Crippen molar-refractivity contribution in [3.63, 3.8) is 0 Å². The molecule has 1 rings (SSSR count). The minimum Gasteiger partial charge on any atom is -0.307 e. The van der Waals surface area contributed by atoms with Crippen molar-refractivity contribution in [3.8, 4) is 0 Å². The first-order chi connectivity index (χ1) is 6.99. The maximum atomic E-state index is 13.0. The highest BCUT2D eigenvalue weighted by Crippen LogP contribution is 2.08. The van der Waals surface area contributed by atoms with E-state index in [9.17, 15) is 9.18 Å². The van der Waals surface area contributed by atoms with Crippen molar-refractivity contribution in [2.75, 3.05) is 6.54 Å². The zero-order valence-electron chi connectivity index (χ0n) is 9.30. The van der Waals surface area contributed by atoms with Gasteiger partial charge in [-0.25, -0.2) is 4.39 Å². The highest BCUT2D eigenvalue weighted by atomic mass is 19.1. The summed E-state index contributed by atoms with van der Waals surface area (Å²) in [4.78, 5) is 11.6. The van der Waals surface area contributed by atoms with Crippen LogP contribution in [0.5, 0.6) is 0 Å². The molecule has 1 N–H and O–H groups in total. The van der Waals surface area contributed by atoms with E-state index in [0.717, 1.165) is 5.56 Å². The molecule has 0 aliphatic carbocycles. The van der Waals surface area contributed by atoms with Crippen LogP contribution in [-0.2, 0) is 0 Å². The molecule has 1 aromatic rings. The van der Waals surface area contributed by atoms with E-state index in [1.165, 1.54) is 12.1 Å². The predicted molar refractivity (Wildman–Crippen MR) is 58.6 cm³/mol. The average molecular weight is 209 g/mol. The Kier molecular flexibility index (Phi) is 3.97. The molecule has 0 saturated heterocycles. The standard InChI is InChI=1S/C12H16FNO/c1-8(2)14-7-12(15)10-4-9(3)5-11(13)6-10/h4-6,8,14H,7H2,1-3H3. The predicted octanol–water partition coefficient (Wildman–Crippen LogP) is 2.31. The average Bonchev–Trinajstić information content (AvgIpc) is 2.12. The van der Waals surface area contributed by atoms with Crippen LogP contribution in [0.15, 0.2) is 18.2 Å². The van der Waals surface area contributed by atoms with E-state index in [0.29, 0.717) is 5.56 Å². The summed E-state index contributed by atoms with van der Waals surface area (Å²) >= 11 is 0. The number of benzene rings is 1. The summed E-state index contributed by atoms with van der Waals surface area (Å²) in [6, 6.07) is 4.64. The van der Waals surface area contributed by atoms with Crippen LogP contribution in [0.2, 0.25) is 0 Å². The number of Topliss-reactive ketones (excluding diaryl/α,β-unsaturated/α-hetero) is 1. The Morgan fingerprint density at radius 2 is 2.07 bits per heavy atom. The third kappa shape index (κ3) is 3.80. The summed E-state index contributed by atoms with van der Waals surface area (Å²) < 4.78 is 13.0. The molecule has 3 heteroatoms. The Morgan fingerprint density at radius 1 is 1.40 bits per heavy atom. The van der Waals surface area contributed by atoms with Gasteiger partial charge in [-0.15, -0.1) is 0 Å². The highest BCUT2D eigenvalue weighted by molar-refractivity contribution is 5.97. The van der Waals surface area contributed by atoms with Gasteiger partial charge in [-0.05, 0) is 30.7 Å². The summed E-state index contributed by atoms with van der Waals surface area (Å²) in [7, 11) is 0. The van der Waals surface area contributed by atoms with E-state index < -0.39 is 0 Å². The van der Waals surface area contributed by atoms with Crippen molar-refractivity contribution in [3.05, 3.63) is 35.1 Å². The fourth-order valence-electron chi connectivity index (χ4n) is 1.30. The molecule has 0 atom stereocenters. The first kappa shape index (κ1) is 11.9. The Labute approximate surface area is 89.5 Å². The van der Waals surface area contributed by atoms with Crippen molar-refractivity contribution >= 4 is 5.78 Å².